The lowest BCUT2D eigenvalue weighted by atomic mass is 10.2. The van der Waals surface area contributed by atoms with Crippen LogP contribution in [0.2, 0.25) is 5.02 Å². The Morgan fingerprint density at radius 1 is 1.53 bits per heavy atom. The maximum atomic E-state index is 11.5. The molecule has 0 aliphatic heterocycles. The second-order valence-electron chi connectivity index (χ2n) is 3.67. The van der Waals surface area contributed by atoms with Crippen LogP contribution < -0.4 is 5.48 Å². The number of carbonyl (C=O) groups excluding carboxylic acids is 1. The molecule has 2 aromatic rings. The first-order valence-corrected chi connectivity index (χ1v) is 6.13. The Kier molecular flexibility index (Phi) is 4.31. The van der Waals surface area contributed by atoms with Gasteiger partial charge in [0, 0.05) is 10.6 Å². The molecule has 1 aromatic carbocycles. The number of H-pyrrole nitrogens is 1. The van der Waals surface area contributed by atoms with Crippen LogP contribution in [0.4, 0.5) is 0 Å². The van der Waals surface area contributed by atoms with E-state index in [9.17, 15) is 4.79 Å². The zero-order valence-electron chi connectivity index (χ0n) is 10.0. The number of aromatic nitrogens is 3. The number of aromatic amines is 1. The second-order valence-corrected chi connectivity index (χ2v) is 4.50. The fourth-order valence-electron chi connectivity index (χ4n) is 1.57. The maximum absolute atomic E-state index is 11.5. The fraction of sp³-hybridized carbons (Fsp3) is 0.182. The molecule has 0 radical (unpaired) electrons. The van der Waals surface area contributed by atoms with Crippen LogP contribution in [0, 0.1) is 4.77 Å². The second kappa shape index (κ2) is 5.96. The van der Waals surface area contributed by atoms with Gasteiger partial charge in [-0.15, -0.1) is 0 Å². The summed E-state index contributed by atoms with van der Waals surface area (Å²) in [6.07, 6.45) is 0. The van der Waals surface area contributed by atoms with Crippen molar-refractivity contribution in [2.24, 2.45) is 0 Å². The van der Waals surface area contributed by atoms with Gasteiger partial charge in [0.1, 0.15) is 6.54 Å². The van der Waals surface area contributed by atoms with Gasteiger partial charge < -0.3 is 0 Å². The van der Waals surface area contributed by atoms with Crippen LogP contribution in [0.3, 0.4) is 0 Å². The molecule has 1 amide bonds. The van der Waals surface area contributed by atoms with Crippen LogP contribution in [-0.2, 0) is 16.2 Å². The molecule has 1 heterocycles. The molecule has 100 valence electrons. The van der Waals surface area contributed by atoms with E-state index in [0.717, 1.165) is 5.56 Å². The lowest BCUT2D eigenvalue weighted by Crippen LogP contribution is -2.26. The minimum atomic E-state index is -0.324. The van der Waals surface area contributed by atoms with E-state index in [2.05, 4.69) is 20.5 Å². The van der Waals surface area contributed by atoms with Crippen molar-refractivity contribution in [1.82, 2.24) is 20.2 Å². The van der Waals surface area contributed by atoms with E-state index in [1.165, 1.54) is 7.11 Å². The van der Waals surface area contributed by atoms with Crippen LogP contribution in [0.5, 0.6) is 0 Å². The van der Waals surface area contributed by atoms with E-state index in [4.69, 9.17) is 23.8 Å². The summed E-state index contributed by atoms with van der Waals surface area (Å²) in [5, 5.41) is 7.40. The Balaban J connectivity index is 2.34. The number of rotatable bonds is 4. The highest BCUT2D eigenvalue weighted by atomic mass is 35.5. The van der Waals surface area contributed by atoms with Crippen molar-refractivity contribution in [2.75, 3.05) is 7.11 Å². The monoisotopic (exact) mass is 298 g/mol. The molecular weight excluding hydrogens is 288 g/mol. The Labute approximate surface area is 119 Å². The third kappa shape index (κ3) is 3.19. The predicted molar refractivity (Wildman–Crippen MR) is 73.0 cm³/mol. The van der Waals surface area contributed by atoms with Crippen LogP contribution >= 0.6 is 23.8 Å². The highest BCUT2D eigenvalue weighted by molar-refractivity contribution is 7.71. The lowest BCUT2D eigenvalue weighted by Gasteiger charge is -2.06. The van der Waals surface area contributed by atoms with Crippen LogP contribution in [-0.4, -0.2) is 27.8 Å². The largest absolute Gasteiger partial charge is 0.291 e. The maximum Gasteiger partial charge on any atom is 0.263 e. The molecule has 19 heavy (non-hydrogen) atoms. The third-order valence-corrected chi connectivity index (χ3v) is 2.94. The van der Waals surface area contributed by atoms with Gasteiger partial charge in [-0.3, -0.25) is 19.3 Å². The molecule has 0 fully saturated rings. The third-order valence-electron chi connectivity index (χ3n) is 2.38. The number of amides is 1. The molecule has 0 saturated heterocycles. The van der Waals surface area contributed by atoms with Crippen molar-refractivity contribution in [2.45, 2.75) is 6.54 Å². The van der Waals surface area contributed by atoms with E-state index in [-0.39, 0.29) is 12.5 Å². The smallest absolute Gasteiger partial charge is 0.263 e. The summed E-state index contributed by atoms with van der Waals surface area (Å²) < 4.78 is 1.93. The Morgan fingerprint density at radius 2 is 2.21 bits per heavy atom. The zero-order chi connectivity index (χ0) is 13.8. The van der Waals surface area contributed by atoms with E-state index in [1.54, 1.807) is 28.8 Å². The van der Waals surface area contributed by atoms with Crippen LogP contribution in [0.25, 0.3) is 11.4 Å². The van der Waals surface area contributed by atoms with Crippen molar-refractivity contribution in [3.8, 4) is 11.4 Å². The number of nitrogens with zero attached hydrogens (tertiary/aromatic N) is 2. The van der Waals surface area contributed by atoms with Crippen molar-refractivity contribution in [3.63, 3.8) is 0 Å². The number of nitrogens with one attached hydrogen (secondary N) is 2. The Morgan fingerprint density at radius 3 is 2.84 bits per heavy atom. The van der Waals surface area contributed by atoms with Gasteiger partial charge in [-0.05, 0) is 36.5 Å². The normalized spacial score (nSPS) is 10.4. The molecule has 0 bridgehead atoms. The Hall–Kier alpha value is -1.70. The number of hydrogen-bond donors (Lipinski definition) is 2. The van der Waals surface area contributed by atoms with E-state index >= 15 is 0 Å². The molecule has 2 N–H and O–H groups in total. The van der Waals surface area contributed by atoms with Gasteiger partial charge >= 0.3 is 0 Å². The van der Waals surface area contributed by atoms with Gasteiger partial charge in [0.25, 0.3) is 5.91 Å². The minimum absolute atomic E-state index is 0.0150. The number of benzene rings is 1. The topological polar surface area (TPSA) is 71.9 Å². The van der Waals surface area contributed by atoms with Crippen LogP contribution in [0.1, 0.15) is 0 Å². The predicted octanol–water partition coefficient (Wildman–Crippen LogP) is 1.94. The summed E-state index contributed by atoms with van der Waals surface area (Å²) in [6.45, 7) is 0.0150. The molecule has 0 aliphatic rings. The number of hydrogen-bond acceptors (Lipinski definition) is 4. The standard InChI is InChI=1S/C11H11ClN4O2S/c1-18-15-9(17)6-16-10(13-14-11(16)19)7-2-4-8(12)5-3-7/h2-5H,6H2,1H3,(H,14,19)(H,15,17). The summed E-state index contributed by atoms with van der Waals surface area (Å²) in [7, 11) is 1.37. The van der Waals surface area contributed by atoms with Crippen molar-refractivity contribution in [1.29, 1.82) is 0 Å². The summed E-state index contributed by atoms with van der Waals surface area (Å²) in [6, 6.07) is 7.10. The molecule has 0 aliphatic carbocycles. The average Bonchev–Trinajstić information content (AvgIpc) is 2.73. The van der Waals surface area contributed by atoms with Gasteiger partial charge in [-0.1, -0.05) is 11.6 Å². The fourth-order valence-corrected chi connectivity index (χ4v) is 1.90. The highest BCUT2D eigenvalue weighted by Crippen LogP contribution is 2.19. The summed E-state index contributed by atoms with van der Waals surface area (Å²) in [4.78, 5) is 16.1. The molecule has 0 spiro atoms. The first-order chi connectivity index (χ1) is 9.11. The average molecular weight is 299 g/mol. The number of carbonyl (C=O) groups is 1. The van der Waals surface area contributed by atoms with E-state index in [1.807, 2.05) is 0 Å². The Bertz CT molecular complexity index is 635. The first-order valence-electron chi connectivity index (χ1n) is 5.35. The van der Waals surface area contributed by atoms with Crippen LogP contribution in [0.15, 0.2) is 24.3 Å². The molecule has 2 rings (SSSR count). The SMILES string of the molecule is CONC(=O)Cn1c(-c2ccc(Cl)cc2)n[nH]c1=S. The molecule has 0 unspecified atom stereocenters. The van der Waals surface area contributed by atoms with Gasteiger partial charge in [0.05, 0.1) is 7.11 Å². The molecule has 0 atom stereocenters. The molecule has 6 nitrogen and oxygen atoms in total. The zero-order valence-corrected chi connectivity index (χ0v) is 11.6. The van der Waals surface area contributed by atoms with Gasteiger partial charge in [0.2, 0.25) is 0 Å². The molecular formula is C11H11ClN4O2S. The summed E-state index contributed by atoms with van der Waals surface area (Å²) >= 11 is 10.9. The summed E-state index contributed by atoms with van der Waals surface area (Å²) in [5.74, 6) is 0.239. The van der Waals surface area contributed by atoms with Gasteiger partial charge in [-0.25, -0.2) is 5.48 Å². The quantitative estimate of drug-likeness (QED) is 0.668. The molecule has 8 heteroatoms. The lowest BCUT2D eigenvalue weighted by molar-refractivity contribution is -0.131. The number of hydroxylamine groups is 1. The highest BCUT2D eigenvalue weighted by Gasteiger charge is 2.12. The van der Waals surface area contributed by atoms with Crippen molar-refractivity contribution in [3.05, 3.63) is 34.1 Å². The van der Waals surface area contributed by atoms with Crippen molar-refractivity contribution >= 4 is 29.7 Å². The minimum Gasteiger partial charge on any atom is -0.291 e. The number of halogens is 1. The van der Waals surface area contributed by atoms with E-state index in [0.29, 0.717) is 15.6 Å². The van der Waals surface area contributed by atoms with Gasteiger partial charge in [-0.2, -0.15) is 5.10 Å². The van der Waals surface area contributed by atoms with E-state index < -0.39 is 0 Å². The van der Waals surface area contributed by atoms with Crippen molar-refractivity contribution < 1.29 is 9.63 Å². The molecule has 1 aromatic heterocycles. The first kappa shape index (κ1) is 13.7. The van der Waals surface area contributed by atoms with Gasteiger partial charge in [0.15, 0.2) is 10.6 Å². The summed E-state index contributed by atoms with van der Waals surface area (Å²) in [5.41, 5.74) is 3.04. The molecule has 0 saturated carbocycles.